The van der Waals surface area contributed by atoms with Crippen molar-refractivity contribution in [1.29, 1.82) is 0 Å². The van der Waals surface area contributed by atoms with Gasteiger partial charge in [0.15, 0.2) is 0 Å². The minimum absolute atomic E-state index is 1.11. The molecule has 0 fully saturated rings. The lowest BCUT2D eigenvalue weighted by Crippen LogP contribution is -2.36. The summed E-state index contributed by atoms with van der Waals surface area (Å²) in [7, 11) is -1.90. The van der Waals surface area contributed by atoms with Crippen LogP contribution >= 0.6 is 0 Å². The zero-order valence-corrected chi connectivity index (χ0v) is 27.5. The molecule has 0 unspecified atom stereocenters. The Morgan fingerprint density at radius 1 is 0.571 bits per heavy atom. The molecule has 0 bridgehead atoms. The highest BCUT2D eigenvalue weighted by atomic mass is 28.3. The number of fused-ring (bicyclic) bond motifs is 2. The fourth-order valence-corrected chi connectivity index (χ4v) is 11.7. The second-order valence-corrected chi connectivity index (χ2v) is 17.8. The molecule has 6 rings (SSSR count). The molecule has 0 radical (unpaired) electrons. The van der Waals surface area contributed by atoms with Crippen molar-refractivity contribution in [1.82, 2.24) is 0 Å². The number of unbranched alkanes of at least 4 members (excludes halogenated alkanes) is 3. The lowest BCUT2D eigenvalue weighted by Gasteiger charge is -2.31. The van der Waals surface area contributed by atoms with Gasteiger partial charge in [-0.15, -0.1) is 0 Å². The van der Waals surface area contributed by atoms with E-state index in [4.69, 9.17) is 0 Å². The Balaban J connectivity index is 1.42. The molecule has 0 nitrogen and oxygen atoms in total. The third-order valence-electron chi connectivity index (χ3n) is 9.80. The van der Waals surface area contributed by atoms with Gasteiger partial charge in [-0.1, -0.05) is 163 Å². The molecule has 0 atom stereocenters. The fraction of sp³-hybridized carbons (Fsp3) is 0.317. The van der Waals surface area contributed by atoms with Gasteiger partial charge >= 0.3 is 0 Å². The molecule has 0 saturated heterocycles. The molecule has 4 aromatic carbocycles. The van der Waals surface area contributed by atoms with Crippen LogP contribution in [-0.4, -0.2) is 8.07 Å². The van der Waals surface area contributed by atoms with E-state index in [9.17, 15) is 0 Å². The number of benzene rings is 4. The molecule has 0 spiro atoms. The molecular weight excluding hydrogens is 521 g/mol. The van der Waals surface area contributed by atoms with Crippen molar-refractivity contribution < 1.29 is 0 Å². The summed E-state index contributed by atoms with van der Waals surface area (Å²) in [6.45, 7) is 13.9. The Bertz CT molecular complexity index is 1550. The van der Waals surface area contributed by atoms with Gasteiger partial charge in [0.25, 0.3) is 0 Å². The molecule has 0 heterocycles. The number of aryl methyl sites for hydroxylation is 4. The summed E-state index contributed by atoms with van der Waals surface area (Å²) in [5, 5.41) is 3.47. The summed E-state index contributed by atoms with van der Waals surface area (Å²) in [6.07, 6.45) is 12.8. The van der Waals surface area contributed by atoms with Crippen LogP contribution < -0.4 is 0 Å². The normalized spacial score (nSPS) is 14.0. The van der Waals surface area contributed by atoms with Crippen LogP contribution in [-0.2, 0) is 12.8 Å². The molecule has 0 aromatic heterocycles. The first-order valence-electron chi connectivity index (χ1n) is 16.1. The van der Waals surface area contributed by atoms with Gasteiger partial charge in [-0.2, -0.15) is 0 Å². The molecule has 0 aliphatic heterocycles. The minimum atomic E-state index is -1.90. The number of hydrogen-bond donors (Lipinski definition) is 0. The van der Waals surface area contributed by atoms with Gasteiger partial charge in [-0.05, 0) is 85.0 Å². The smallest absolute Gasteiger partial charge is 0.0712 e. The van der Waals surface area contributed by atoms with Crippen molar-refractivity contribution in [2.45, 2.75) is 85.7 Å². The minimum Gasteiger partial charge on any atom is -0.0712 e. The number of hydrogen-bond acceptors (Lipinski definition) is 0. The van der Waals surface area contributed by atoms with Crippen molar-refractivity contribution in [2.24, 2.45) is 0 Å². The van der Waals surface area contributed by atoms with E-state index < -0.39 is 8.07 Å². The molecular formula is C41H46Si. The van der Waals surface area contributed by atoms with Crippen molar-refractivity contribution >= 4 is 20.2 Å². The maximum Gasteiger partial charge on any atom is 0.106 e. The van der Waals surface area contributed by atoms with Gasteiger partial charge in [-0.25, -0.2) is 0 Å². The maximum absolute atomic E-state index is 2.70. The Hall–Kier alpha value is -3.42. The van der Waals surface area contributed by atoms with E-state index in [0.717, 1.165) is 12.8 Å². The molecule has 4 aromatic rings. The largest absolute Gasteiger partial charge is 0.106 e. The first-order chi connectivity index (χ1) is 20.2. The monoisotopic (exact) mass is 566 g/mol. The molecule has 1 heteroatoms. The van der Waals surface area contributed by atoms with Gasteiger partial charge in [0.2, 0.25) is 0 Å². The molecule has 0 saturated carbocycles. The summed E-state index contributed by atoms with van der Waals surface area (Å²) in [4.78, 5) is 0. The summed E-state index contributed by atoms with van der Waals surface area (Å²) in [6, 6.07) is 29.4. The van der Waals surface area contributed by atoms with Crippen LogP contribution in [0, 0.1) is 27.7 Å². The summed E-state index contributed by atoms with van der Waals surface area (Å²) in [5.41, 5.74) is 16.9. The SMILES string of the molecule is CCCCCC[Si](C)(C1=Cc2c(cccc2-c2cc(C)cc(C)c2)C1)C1=Cc2c(cccc2-c2cc(C)cc(C)c2)C1. The molecule has 0 amide bonds. The highest BCUT2D eigenvalue weighted by Gasteiger charge is 2.39. The van der Waals surface area contributed by atoms with E-state index in [1.807, 2.05) is 0 Å². The number of rotatable bonds is 9. The molecule has 2 aliphatic carbocycles. The Labute approximate surface area is 255 Å². The van der Waals surface area contributed by atoms with Gasteiger partial charge in [0.1, 0.15) is 8.07 Å². The quantitative estimate of drug-likeness (QED) is 0.140. The van der Waals surface area contributed by atoms with Crippen LogP contribution in [0.5, 0.6) is 0 Å². The molecule has 42 heavy (non-hydrogen) atoms. The van der Waals surface area contributed by atoms with Crippen molar-refractivity contribution in [3.05, 3.63) is 128 Å². The van der Waals surface area contributed by atoms with E-state index in [-0.39, 0.29) is 0 Å². The predicted molar refractivity (Wildman–Crippen MR) is 187 cm³/mol. The topological polar surface area (TPSA) is 0 Å². The van der Waals surface area contributed by atoms with Crippen LogP contribution in [0.3, 0.4) is 0 Å². The van der Waals surface area contributed by atoms with E-state index in [1.54, 1.807) is 10.4 Å². The average Bonchev–Trinajstić information content (AvgIpc) is 3.59. The van der Waals surface area contributed by atoms with E-state index in [0.29, 0.717) is 0 Å². The highest BCUT2D eigenvalue weighted by molar-refractivity contribution is 6.93. The standard InChI is InChI=1S/C41H46Si/c1-7-8-9-10-17-42(6,36-24-32-13-11-15-38(40(32)26-36)34-20-28(2)18-29(3)21-34)37-25-33-14-12-16-39(41(33)27-37)35-22-30(4)19-31(5)23-35/h11-16,18-23,26-27H,7-10,17,24-25H2,1-6H3. The van der Waals surface area contributed by atoms with Crippen LogP contribution in [0.15, 0.2) is 83.2 Å². The second kappa shape index (κ2) is 11.7. The predicted octanol–water partition coefficient (Wildman–Crippen LogP) is 11.6. The van der Waals surface area contributed by atoms with E-state index in [2.05, 4.69) is 126 Å². The van der Waals surface area contributed by atoms with E-state index in [1.165, 1.54) is 98.5 Å². The van der Waals surface area contributed by atoms with Crippen LogP contribution in [0.25, 0.3) is 34.4 Å². The van der Waals surface area contributed by atoms with E-state index >= 15 is 0 Å². The zero-order chi connectivity index (χ0) is 29.4. The number of allylic oxidation sites excluding steroid dienone is 2. The Morgan fingerprint density at radius 3 is 1.45 bits per heavy atom. The second-order valence-electron chi connectivity index (χ2n) is 13.3. The third-order valence-corrected chi connectivity index (χ3v) is 14.6. The van der Waals surface area contributed by atoms with Gasteiger partial charge < -0.3 is 0 Å². The molecule has 2 aliphatic rings. The van der Waals surface area contributed by atoms with Gasteiger partial charge in [0, 0.05) is 0 Å². The lowest BCUT2D eigenvalue weighted by atomic mass is 9.95. The van der Waals surface area contributed by atoms with Crippen molar-refractivity contribution in [3.8, 4) is 22.3 Å². The molecule has 214 valence electrons. The maximum atomic E-state index is 2.70. The Kier molecular flexibility index (Phi) is 7.98. The van der Waals surface area contributed by atoms with Crippen molar-refractivity contribution in [2.75, 3.05) is 0 Å². The fourth-order valence-electron chi connectivity index (χ4n) is 7.64. The molecule has 0 N–H and O–H groups in total. The van der Waals surface area contributed by atoms with Gasteiger partial charge in [0.05, 0.1) is 0 Å². The van der Waals surface area contributed by atoms with Gasteiger partial charge in [-0.3, -0.25) is 0 Å². The highest BCUT2D eigenvalue weighted by Crippen LogP contribution is 2.46. The summed E-state index contributed by atoms with van der Waals surface area (Å²) < 4.78 is 0. The Morgan fingerprint density at radius 2 is 1.02 bits per heavy atom. The summed E-state index contributed by atoms with van der Waals surface area (Å²) >= 11 is 0. The summed E-state index contributed by atoms with van der Waals surface area (Å²) in [5.74, 6) is 0. The first kappa shape index (κ1) is 28.7. The van der Waals surface area contributed by atoms with Crippen molar-refractivity contribution in [3.63, 3.8) is 0 Å². The van der Waals surface area contributed by atoms with Crippen LogP contribution in [0.2, 0.25) is 12.6 Å². The average molecular weight is 567 g/mol. The lowest BCUT2D eigenvalue weighted by molar-refractivity contribution is 0.697. The first-order valence-corrected chi connectivity index (χ1v) is 18.8. The third kappa shape index (κ3) is 5.52. The van der Waals surface area contributed by atoms with Crippen LogP contribution in [0.4, 0.5) is 0 Å². The van der Waals surface area contributed by atoms with Crippen LogP contribution in [0.1, 0.15) is 77.1 Å². The zero-order valence-electron chi connectivity index (χ0n) is 26.5.